The lowest BCUT2D eigenvalue weighted by Gasteiger charge is -2.07. The van der Waals surface area contributed by atoms with Gasteiger partial charge in [-0.2, -0.15) is 0 Å². The maximum absolute atomic E-state index is 14.2. The van der Waals surface area contributed by atoms with Crippen LogP contribution < -0.4 is 5.73 Å². The Kier molecular flexibility index (Phi) is 3.88. The van der Waals surface area contributed by atoms with Crippen LogP contribution in [0.1, 0.15) is 10.4 Å². The molecule has 0 unspecified atom stereocenters. The quantitative estimate of drug-likeness (QED) is 0.482. The molecule has 1 heterocycles. The third-order valence-electron chi connectivity index (χ3n) is 4.34. The van der Waals surface area contributed by atoms with Crippen molar-refractivity contribution in [1.82, 2.24) is 0 Å². The van der Waals surface area contributed by atoms with E-state index in [9.17, 15) is 18.7 Å². The van der Waals surface area contributed by atoms with Gasteiger partial charge in [-0.05, 0) is 36.4 Å². The summed E-state index contributed by atoms with van der Waals surface area (Å²) in [6, 6.07) is 14.4. The number of rotatable bonds is 3. The molecule has 0 spiro atoms. The molecule has 0 saturated carbocycles. The molecule has 0 atom stereocenters. The van der Waals surface area contributed by atoms with Crippen molar-refractivity contribution in [1.29, 1.82) is 0 Å². The minimum atomic E-state index is -1.21. The highest BCUT2D eigenvalue weighted by Crippen LogP contribution is 2.39. The van der Waals surface area contributed by atoms with Gasteiger partial charge in [0.25, 0.3) is 0 Å². The van der Waals surface area contributed by atoms with E-state index in [-0.39, 0.29) is 33.5 Å². The number of carbonyl (C=O) groups is 1. The van der Waals surface area contributed by atoms with Gasteiger partial charge in [-0.1, -0.05) is 18.2 Å². The van der Waals surface area contributed by atoms with E-state index >= 15 is 0 Å². The smallest absolute Gasteiger partial charge is 0.340 e. The lowest BCUT2D eigenvalue weighted by Crippen LogP contribution is -1.98. The Bertz CT molecular complexity index is 1180. The summed E-state index contributed by atoms with van der Waals surface area (Å²) < 4.78 is 33.1. The fourth-order valence-corrected chi connectivity index (χ4v) is 3.09. The molecule has 0 aliphatic carbocycles. The van der Waals surface area contributed by atoms with Crippen LogP contribution in [-0.4, -0.2) is 11.1 Å². The first-order valence-electron chi connectivity index (χ1n) is 8.06. The number of aromatic carboxylic acids is 1. The zero-order chi connectivity index (χ0) is 19.1. The average Bonchev–Trinajstić information content (AvgIpc) is 3.00. The number of nitrogens with two attached hydrogens (primary N) is 1. The molecule has 27 heavy (non-hydrogen) atoms. The van der Waals surface area contributed by atoms with Crippen molar-refractivity contribution >= 4 is 22.6 Å². The van der Waals surface area contributed by atoms with E-state index in [1.807, 2.05) is 0 Å². The molecule has 3 aromatic carbocycles. The molecule has 4 rings (SSSR count). The lowest BCUT2D eigenvalue weighted by molar-refractivity contribution is 0.0699. The Morgan fingerprint density at radius 1 is 0.963 bits per heavy atom. The van der Waals surface area contributed by atoms with Gasteiger partial charge < -0.3 is 15.3 Å². The van der Waals surface area contributed by atoms with Crippen LogP contribution in [0.5, 0.6) is 0 Å². The lowest BCUT2D eigenvalue weighted by atomic mass is 9.99. The second kappa shape index (κ2) is 6.25. The second-order valence-electron chi connectivity index (χ2n) is 6.03. The first kappa shape index (κ1) is 16.8. The Morgan fingerprint density at radius 3 is 2.33 bits per heavy atom. The molecule has 4 aromatic rings. The van der Waals surface area contributed by atoms with Crippen LogP contribution in [0.2, 0.25) is 0 Å². The van der Waals surface area contributed by atoms with E-state index in [0.717, 1.165) is 0 Å². The number of anilines is 1. The highest BCUT2D eigenvalue weighted by molar-refractivity contribution is 6.10. The summed E-state index contributed by atoms with van der Waals surface area (Å²) in [5.41, 5.74) is 7.52. The predicted octanol–water partition coefficient (Wildman–Crippen LogP) is 5.33. The van der Waals surface area contributed by atoms with Crippen molar-refractivity contribution in [2.75, 3.05) is 5.73 Å². The van der Waals surface area contributed by atoms with Crippen molar-refractivity contribution in [2.45, 2.75) is 0 Å². The Balaban J connectivity index is 2.01. The molecule has 0 aliphatic rings. The van der Waals surface area contributed by atoms with Gasteiger partial charge in [0.05, 0.1) is 0 Å². The van der Waals surface area contributed by atoms with Gasteiger partial charge in [0.2, 0.25) is 0 Å². The van der Waals surface area contributed by atoms with E-state index in [1.54, 1.807) is 18.2 Å². The van der Waals surface area contributed by atoms with E-state index in [1.165, 1.54) is 42.5 Å². The first-order chi connectivity index (χ1) is 13.0. The first-order valence-corrected chi connectivity index (χ1v) is 8.06. The summed E-state index contributed by atoms with van der Waals surface area (Å²) in [5.74, 6) is -2.04. The number of hydrogen-bond acceptors (Lipinski definition) is 3. The van der Waals surface area contributed by atoms with Gasteiger partial charge >= 0.3 is 5.97 Å². The zero-order valence-electron chi connectivity index (χ0n) is 13.9. The molecule has 0 radical (unpaired) electrons. The summed E-state index contributed by atoms with van der Waals surface area (Å²) in [6.45, 7) is 0. The molecule has 0 bridgehead atoms. The van der Waals surface area contributed by atoms with E-state index < -0.39 is 17.6 Å². The molecule has 0 fully saturated rings. The minimum absolute atomic E-state index is 0.0857. The number of nitrogen functional groups attached to an aromatic ring is 1. The Morgan fingerprint density at radius 2 is 1.67 bits per heavy atom. The van der Waals surface area contributed by atoms with Gasteiger partial charge in [-0.25, -0.2) is 13.6 Å². The molecule has 0 amide bonds. The number of benzene rings is 3. The second-order valence-corrected chi connectivity index (χ2v) is 6.03. The average molecular weight is 365 g/mol. The summed E-state index contributed by atoms with van der Waals surface area (Å²) >= 11 is 0. The summed E-state index contributed by atoms with van der Waals surface area (Å²) in [5, 5.41) is 10.0. The Labute approximate surface area is 152 Å². The molecule has 6 heteroatoms. The predicted molar refractivity (Wildman–Crippen MR) is 98.4 cm³/mol. The van der Waals surface area contributed by atoms with Crippen molar-refractivity contribution in [3.8, 4) is 22.5 Å². The maximum atomic E-state index is 14.2. The number of furan rings is 1. The van der Waals surface area contributed by atoms with Crippen molar-refractivity contribution in [3.63, 3.8) is 0 Å². The molecular weight excluding hydrogens is 352 g/mol. The fourth-order valence-electron chi connectivity index (χ4n) is 3.09. The fraction of sp³-hybridized carbons (Fsp3) is 0. The molecule has 4 nitrogen and oxygen atoms in total. The van der Waals surface area contributed by atoms with Gasteiger partial charge in [0.1, 0.15) is 28.5 Å². The van der Waals surface area contributed by atoms with Crippen LogP contribution in [0.25, 0.3) is 33.4 Å². The molecule has 134 valence electrons. The molecular formula is C21H13F2NO3. The summed E-state index contributed by atoms with van der Waals surface area (Å²) in [7, 11) is 0. The summed E-state index contributed by atoms with van der Waals surface area (Å²) in [6.07, 6.45) is 0. The van der Waals surface area contributed by atoms with Crippen molar-refractivity contribution in [3.05, 3.63) is 77.9 Å². The van der Waals surface area contributed by atoms with Gasteiger partial charge in [-0.15, -0.1) is 0 Å². The van der Waals surface area contributed by atoms with Gasteiger partial charge in [-0.3, -0.25) is 0 Å². The topological polar surface area (TPSA) is 76.5 Å². The van der Waals surface area contributed by atoms with E-state index in [2.05, 4.69) is 0 Å². The highest BCUT2D eigenvalue weighted by Gasteiger charge is 2.23. The van der Waals surface area contributed by atoms with Crippen LogP contribution in [0.4, 0.5) is 14.5 Å². The largest absolute Gasteiger partial charge is 0.478 e. The number of carboxylic acids is 1. The third kappa shape index (κ3) is 2.81. The van der Waals surface area contributed by atoms with Crippen LogP contribution in [0.3, 0.4) is 0 Å². The van der Waals surface area contributed by atoms with Gasteiger partial charge in [0.15, 0.2) is 0 Å². The molecule has 0 saturated heterocycles. The SMILES string of the molecule is Nc1cc2oc(-c3ccc(F)cc3)c(C(=O)O)c2cc1-c1ccccc1F. The van der Waals surface area contributed by atoms with Crippen LogP contribution in [0.15, 0.2) is 65.1 Å². The highest BCUT2D eigenvalue weighted by atomic mass is 19.1. The van der Waals surface area contributed by atoms with Crippen LogP contribution in [-0.2, 0) is 0 Å². The molecule has 1 aromatic heterocycles. The maximum Gasteiger partial charge on any atom is 0.340 e. The Hall–Kier alpha value is -3.67. The monoisotopic (exact) mass is 365 g/mol. The normalized spacial score (nSPS) is 11.0. The van der Waals surface area contributed by atoms with E-state index in [4.69, 9.17) is 10.2 Å². The minimum Gasteiger partial charge on any atom is -0.478 e. The van der Waals surface area contributed by atoms with Crippen molar-refractivity contribution < 1.29 is 23.1 Å². The number of carboxylic acid groups (broad SMARTS) is 1. The van der Waals surface area contributed by atoms with Crippen molar-refractivity contribution in [2.24, 2.45) is 0 Å². The van der Waals surface area contributed by atoms with E-state index in [0.29, 0.717) is 11.1 Å². The molecule has 3 N–H and O–H groups in total. The van der Waals surface area contributed by atoms with Crippen LogP contribution in [0, 0.1) is 11.6 Å². The third-order valence-corrected chi connectivity index (χ3v) is 4.34. The number of fused-ring (bicyclic) bond motifs is 1. The zero-order valence-corrected chi connectivity index (χ0v) is 13.9. The molecule has 0 aliphatic heterocycles. The number of hydrogen-bond donors (Lipinski definition) is 2. The van der Waals surface area contributed by atoms with Crippen LogP contribution >= 0.6 is 0 Å². The summed E-state index contributed by atoms with van der Waals surface area (Å²) in [4.78, 5) is 11.9. The van der Waals surface area contributed by atoms with Gasteiger partial charge in [0, 0.05) is 33.8 Å². The number of halogens is 2. The standard InChI is InChI=1S/C21H13F2NO3/c22-12-7-5-11(6-8-12)20-19(21(25)26)15-9-14(17(24)10-18(15)27-20)13-3-1-2-4-16(13)23/h1-10H,24H2,(H,25,26).